The van der Waals surface area contributed by atoms with Crippen molar-refractivity contribution in [2.24, 2.45) is 5.73 Å². The van der Waals surface area contributed by atoms with Crippen LogP contribution in [-0.2, 0) is 46.9 Å². The lowest BCUT2D eigenvalue weighted by Crippen LogP contribution is -2.48. The molecular weight excluding hydrogens is 647 g/mol. The average molecular weight is 699 g/mol. The Bertz CT molecular complexity index is 1840. The highest BCUT2D eigenvalue weighted by Gasteiger charge is 2.25. The van der Waals surface area contributed by atoms with Crippen molar-refractivity contribution in [2.45, 2.75) is 91.1 Å². The first-order valence-electron chi connectivity index (χ1n) is 18.3. The van der Waals surface area contributed by atoms with Gasteiger partial charge in [0.25, 0.3) is 0 Å². The SMILES string of the molecule is CCc1nc2c(cnn2CC)c(NC2CCOCC2)c1CN(Cc1ccc(F)c(-c2cccc(CN3CCN[C@@H](C)C3)c2)c1)C(=O)CCC(N)=O. The summed E-state index contributed by atoms with van der Waals surface area (Å²) in [4.78, 5) is 34.9. The zero-order chi connectivity index (χ0) is 35.9. The largest absolute Gasteiger partial charge is 0.381 e. The van der Waals surface area contributed by atoms with Gasteiger partial charge in [0.15, 0.2) is 5.65 Å². The minimum Gasteiger partial charge on any atom is -0.381 e. The normalized spacial score (nSPS) is 17.1. The number of pyridine rings is 1. The number of aromatic nitrogens is 3. The zero-order valence-corrected chi connectivity index (χ0v) is 30.1. The molecule has 4 heterocycles. The zero-order valence-electron chi connectivity index (χ0n) is 30.1. The van der Waals surface area contributed by atoms with Crippen molar-refractivity contribution < 1.29 is 18.7 Å². The van der Waals surface area contributed by atoms with E-state index in [0.29, 0.717) is 37.8 Å². The fraction of sp³-hybridized carbons (Fsp3) is 0.487. The molecule has 0 radical (unpaired) electrons. The van der Waals surface area contributed by atoms with Gasteiger partial charge in [-0.15, -0.1) is 0 Å². The smallest absolute Gasteiger partial charge is 0.223 e. The number of halogens is 1. The molecule has 0 unspecified atom stereocenters. The number of hydrogen-bond acceptors (Lipinski definition) is 8. The number of amides is 2. The van der Waals surface area contributed by atoms with Gasteiger partial charge in [0.2, 0.25) is 11.8 Å². The van der Waals surface area contributed by atoms with E-state index in [9.17, 15) is 9.59 Å². The van der Waals surface area contributed by atoms with Crippen molar-refractivity contribution >= 4 is 28.5 Å². The molecule has 2 aliphatic heterocycles. The van der Waals surface area contributed by atoms with E-state index in [4.69, 9.17) is 15.5 Å². The maximum atomic E-state index is 15.5. The fourth-order valence-corrected chi connectivity index (χ4v) is 7.26. The number of nitrogens with zero attached hydrogens (tertiary/aromatic N) is 5. The quantitative estimate of drug-likeness (QED) is 0.168. The van der Waals surface area contributed by atoms with Gasteiger partial charge in [-0.1, -0.05) is 31.2 Å². The molecule has 51 heavy (non-hydrogen) atoms. The van der Waals surface area contributed by atoms with Crippen LogP contribution in [0.3, 0.4) is 0 Å². The van der Waals surface area contributed by atoms with Gasteiger partial charge in [-0.05, 0) is 68.0 Å². The molecule has 1 atom stereocenters. The van der Waals surface area contributed by atoms with Gasteiger partial charge in [-0.25, -0.2) is 14.1 Å². The number of hydrogen-bond donors (Lipinski definition) is 3. The van der Waals surface area contributed by atoms with Crippen LogP contribution < -0.4 is 16.4 Å². The molecule has 0 aliphatic carbocycles. The number of nitrogens with two attached hydrogens (primary N) is 1. The summed E-state index contributed by atoms with van der Waals surface area (Å²) in [6, 6.07) is 13.7. The van der Waals surface area contributed by atoms with Gasteiger partial charge in [-0.2, -0.15) is 5.10 Å². The minimum absolute atomic E-state index is 0.0241. The monoisotopic (exact) mass is 698 g/mol. The van der Waals surface area contributed by atoms with Gasteiger partial charge in [0.05, 0.1) is 17.3 Å². The van der Waals surface area contributed by atoms with Gasteiger partial charge < -0.3 is 26.0 Å². The van der Waals surface area contributed by atoms with Crippen molar-refractivity contribution in [3.63, 3.8) is 0 Å². The molecule has 2 aromatic heterocycles. The molecule has 4 aromatic rings. The van der Waals surface area contributed by atoms with E-state index >= 15 is 4.39 Å². The summed E-state index contributed by atoms with van der Waals surface area (Å²) >= 11 is 0. The average Bonchev–Trinajstić information content (AvgIpc) is 3.55. The Labute approximate surface area is 299 Å². The Morgan fingerprint density at radius 2 is 1.92 bits per heavy atom. The number of fused-ring (bicyclic) bond motifs is 1. The fourth-order valence-electron chi connectivity index (χ4n) is 7.26. The Hall–Kier alpha value is -4.39. The molecule has 0 bridgehead atoms. The first-order valence-corrected chi connectivity index (χ1v) is 18.3. The number of primary amides is 1. The third-order valence-electron chi connectivity index (χ3n) is 9.96. The number of nitrogens with one attached hydrogen (secondary N) is 2. The van der Waals surface area contributed by atoms with Crippen molar-refractivity contribution in [1.29, 1.82) is 0 Å². The van der Waals surface area contributed by atoms with Gasteiger partial charge in [-0.3, -0.25) is 14.5 Å². The summed E-state index contributed by atoms with van der Waals surface area (Å²) in [7, 11) is 0. The highest BCUT2D eigenvalue weighted by Crippen LogP contribution is 2.33. The number of benzene rings is 2. The van der Waals surface area contributed by atoms with E-state index in [1.165, 1.54) is 6.07 Å². The second-order valence-electron chi connectivity index (χ2n) is 13.8. The minimum atomic E-state index is -0.534. The van der Waals surface area contributed by atoms with E-state index in [2.05, 4.69) is 46.6 Å². The molecule has 272 valence electrons. The number of ether oxygens (including phenoxy) is 1. The number of aryl methyl sites for hydroxylation is 2. The Morgan fingerprint density at radius 1 is 1.10 bits per heavy atom. The standard InChI is InChI=1S/C39H51FN8O3/c1-4-35-33(38(44-30-13-17-51-18-14-30)32-21-43-48(5-2)39(32)45-35)25-47(37(50)12-11-36(41)49)24-28-9-10-34(40)31(20-28)29-8-6-7-27(19-29)23-46-16-15-42-26(3)22-46/h6-10,19-21,26,30,42H,4-5,11-18,22-25H2,1-3H3,(H2,41,49)(H,44,45)/t26-/m0/s1. The summed E-state index contributed by atoms with van der Waals surface area (Å²) < 4.78 is 23.0. The van der Waals surface area contributed by atoms with Crippen LogP contribution in [0.25, 0.3) is 22.2 Å². The van der Waals surface area contributed by atoms with Crippen LogP contribution in [0.5, 0.6) is 0 Å². The van der Waals surface area contributed by atoms with E-state index in [1.54, 1.807) is 11.0 Å². The Balaban J connectivity index is 1.33. The molecule has 2 aromatic carbocycles. The van der Waals surface area contributed by atoms with E-state index in [-0.39, 0.29) is 43.7 Å². The molecule has 2 aliphatic rings. The van der Waals surface area contributed by atoms with E-state index < -0.39 is 5.91 Å². The summed E-state index contributed by atoms with van der Waals surface area (Å²) in [6.45, 7) is 12.5. The molecule has 2 fully saturated rings. The third kappa shape index (κ3) is 8.92. The van der Waals surface area contributed by atoms with Gasteiger partial charge >= 0.3 is 0 Å². The predicted octanol–water partition coefficient (Wildman–Crippen LogP) is 5.00. The number of carbonyl (C=O) groups is 2. The number of rotatable bonds is 14. The molecule has 12 heteroatoms. The van der Waals surface area contributed by atoms with Crippen molar-refractivity contribution in [3.8, 4) is 11.1 Å². The lowest BCUT2D eigenvalue weighted by molar-refractivity contribution is -0.134. The number of anilines is 1. The van der Waals surface area contributed by atoms with Crippen LogP contribution in [0.4, 0.5) is 10.1 Å². The summed E-state index contributed by atoms with van der Waals surface area (Å²) in [6.07, 6.45) is 4.14. The predicted molar refractivity (Wildman–Crippen MR) is 197 cm³/mol. The molecular formula is C39H51FN8O3. The highest BCUT2D eigenvalue weighted by atomic mass is 19.1. The lowest BCUT2D eigenvalue weighted by atomic mass is 9.99. The van der Waals surface area contributed by atoms with Crippen LogP contribution in [0.15, 0.2) is 48.7 Å². The summed E-state index contributed by atoms with van der Waals surface area (Å²) in [5.74, 6) is -1.07. The summed E-state index contributed by atoms with van der Waals surface area (Å²) in [5.41, 5.74) is 12.2. The van der Waals surface area contributed by atoms with Crippen molar-refractivity contribution in [1.82, 2.24) is 29.9 Å². The van der Waals surface area contributed by atoms with Crippen LogP contribution in [0, 0.1) is 5.82 Å². The third-order valence-corrected chi connectivity index (χ3v) is 9.96. The maximum absolute atomic E-state index is 15.5. The second-order valence-corrected chi connectivity index (χ2v) is 13.8. The highest BCUT2D eigenvalue weighted by molar-refractivity contribution is 5.92. The first kappa shape index (κ1) is 36.4. The van der Waals surface area contributed by atoms with Crippen LogP contribution in [0.1, 0.15) is 68.8 Å². The van der Waals surface area contributed by atoms with Gasteiger partial charge in [0.1, 0.15) is 5.82 Å². The summed E-state index contributed by atoms with van der Waals surface area (Å²) in [5, 5.41) is 12.8. The molecule has 2 saturated heterocycles. The Kier molecular flexibility index (Phi) is 12.0. The van der Waals surface area contributed by atoms with E-state index in [0.717, 1.165) is 83.7 Å². The molecule has 6 rings (SSSR count). The Morgan fingerprint density at radius 3 is 2.67 bits per heavy atom. The molecule has 4 N–H and O–H groups in total. The molecule has 11 nitrogen and oxygen atoms in total. The number of carbonyl (C=O) groups excluding carboxylic acids is 2. The van der Waals surface area contributed by atoms with Crippen LogP contribution >= 0.6 is 0 Å². The topological polar surface area (TPSA) is 131 Å². The van der Waals surface area contributed by atoms with Crippen LogP contribution in [0.2, 0.25) is 0 Å². The first-order chi connectivity index (χ1) is 24.7. The maximum Gasteiger partial charge on any atom is 0.223 e. The molecule has 0 saturated carbocycles. The van der Waals surface area contributed by atoms with Crippen LogP contribution in [-0.4, -0.2) is 81.3 Å². The molecule has 0 spiro atoms. The van der Waals surface area contributed by atoms with Gasteiger partial charge in [0, 0.05) is 101 Å². The molecule has 2 amide bonds. The lowest BCUT2D eigenvalue weighted by Gasteiger charge is -2.31. The second kappa shape index (κ2) is 16.8. The van der Waals surface area contributed by atoms with E-state index in [1.807, 2.05) is 36.0 Å². The van der Waals surface area contributed by atoms with Crippen molar-refractivity contribution in [3.05, 3.63) is 76.9 Å². The number of piperazine rings is 1. The van der Waals surface area contributed by atoms with Crippen molar-refractivity contribution in [2.75, 3.05) is 38.2 Å².